The average molecular weight is 498 g/mol. The first-order valence-corrected chi connectivity index (χ1v) is 10.5. The zero-order valence-electron chi connectivity index (χ0n) is 15.1. The Balaban J connectivity index is 1.88. The molecule has 0 unspecified atom stereocenters. The Hall–Kier alpha value is -2.36. The van der Waals surface area contributed by atoms with E-state index >= 15 is 0 Å². The first-order valence-electron chi connectivity index (χ1n) is 8.50. The lowest BCUT2D eigenvalue weighted by Crippen LogP contribution is -2.22. The Bertz CT molecular complexity index is 1200. The number of benzene rings is 2. The predicted octanol–water partition coefficient (Wildman–Crippen LogP) is 3.80. The Labute approximate surface area is 182 Å². The molecule has 1 aliphatic rings. The summed E-state index contributed by atoms with van der Waals surface area (Å²) in [5, 5.41) is 0.292. The second kappa shape index (κ2) is 8.17. The van der Waals surface area contributed by atoms with Crippen LogP contribution in [0.4, 0.5) is 0 Å². The number of hydrogen-bond acceptors (Lipinski definition) is 6. The van der Waals surface area contributed by atoms with Gasteiger partial charge >= 0.3 is 5.97 Å². The van der Waals surface area contributed by atoms with E-state index in [1.165, 1.54) is 18.4 Å². The van der Waals surface area contributed by atoms with Crippen LogP contribution in [0.5, 0.6) is 11.5 Å². The van der Waals surface area contributed by atoms with Crippen molar-refractivity contribution < 1.29 is 23.8 Å². The van der Waals surface area contributed by atoms with Crippen LogP contribution in [-0.2, 0) is 16.1 Å². The van der Waals surface area contributed by atoms with Gasteiger partial charge in [0.1, 0.15) is 19.8 Å². The van der Waals surface area contributed by atoms with Crippen molar-refractivity contribution in [1.29, 1.82) is 0 Å². The van der Waals surface area contributed by atoms with Gasteiger partial charge in [-0.2, -0.15) is 4.99 Å². The van der Waals surface area contributed by atoms with Gasteiger partial charge in [0.25, 0.3) is 5.91 Å². The number of carbonyl (C=O) groups is 2. The number of aromatic nitrogens is 1. The van der Waals surface area contributed by atoms with Crippen LogP contribution in [0.25, 0.3) is 10.2 Å². The second-order valence-electron chi connectivity index (χ2n) is 6.05. The van der Waals surface area contributed by atoms with E-state index in [0.717, 1.165) is 4.70 Å². The summed E-state index contributed by atoms with van der Waals surface area (Å²) in [6, 6.07) is 8.55. The molecule has 0 atom stereocenters. The number of esters is 1. The van der Waals surface area contributed by atoms with E-state index in [9.17, 15) is 9.59 Å². The van der Waals surface area contributed by atoms with E-state index in [1.54, 1.807) is 28.8 Å². The van der Waals surface area contributed by atoms with Crippen LogP contribution < -0.4 is 14.3 Å². The largest absolute Gasteiger partial charge is 0.486 e. The smallest absolute Gasteiger partial charge is 0.325 e. The predicted molar refractivity (Wildman–Crippen MR) is 112 cm³/mol. The minimum absolute atomic E-state index is 0.103. The van der Waals surface area contributed by atoms with Crippen molar-refractivity contribution in [2.75, 3.05) is 20.3 Å². The molecular formula is C19H14BrClN2O5S. The third kappa shape index (κ3) is 4.03. The van der Waals surface area contributed by atoms with E-state index in [0.29, 0.717) is 44.5 Å². The number of ether oxygens (including phenoxy) is 3. The van der Waals surface area contributed by atoms with Crippen LogP contribution >= 0.6 is 38.9 Å². The summed E-state index contributed by atoms with van der Waals surface area (Å²) >= 11 is 10.7. The fraction of sp³-hybridized carbons (Fsp3) is 0.211. The molecule has 0 saturated heterocycles. The summed E-state index contributed by atoms with van der Waals surface area (Å²) in [6.07, 6.45) is 0. The summed E-state index contributed by atoms with van der Waals surface area (Å²) < 4.78 is 19.2. The van der Waals surface area contributed by atoms with E-state index in [-0.39, 0.29) is 12.1 Å². The lowest BCUT2D eigenvalue weighted by atomic mass is 10.2. The standard InChI is InChI=1S/C19H14BrClN2O5S/c1-26-17(24)9-23-13-7-14-15(28-5-4-27-14)8-16(13)29-19(23)22-18(25)11-6-10(20)2-3-12(11)21/h2-3,6-8H,4-5,9H2,1H3. The van der Waals surface area contributed by atoms with Crippen LogP contribution in [0.1, 0.15) is 10.4 Å². The SMILES string of the molecule is COC(=O)Cn1c(=NC(=O)c2cc(Br)ccc2Cl)sc2cc3c(cc21)OCCO3. The monoisotopic (exact) mass is 496 g/mol. The molecule has 1 aromatic heterocycles. The third-order valence-electron chi connectivity index (χ3n) is 4.22. The van der Waals surface area contributed by atoms with Gasteiger partial charge in [-0.25, -0.2) is 0 Å². The van der Waals surface area contributed by atoms with Gasteiger partial charge in [0.05, 0.1) is 27.9 Å². The number of carbonyl (C=O) groups excluding carboxylic acids is 2. The highest BCUT2D eigenvalue weighted by atomic mass is 79.9. The van der Waals surface area contributed by atoms with Crippen molar-refractivity contribution in [2.45, 2.75) is 6.54 Å². The Morgan fingerprint density at radius 1 is 1.24 bits per heavy atom. The number of fused-ring (bicyclic) bond motifs is 2. The summed E-state index contributed by atoms with van der Waals surface area (Å²) in [6.45, 7) is 0.800. The molecule has 1 aliphatic heterocycles. The van der Waals surface area contributed by atoms with Gasteiger partial charge in [0.2, 0.25) is 0 Å². The topological polar surface area (TPSA) is 79.1 Å². The Kier molecular flexibility index (Phi) is 5.62. The van der Waals surface area contributed by atoms with Gasteiger partial charge in [0.15, 0.2) is 16.3 Å². The lowest BCUT2D eigenvalue weighted by Gasteiger charge is -2.18. The molecule has 2 heterocycles. The summed E-state index contributed by atoms with van der Waals surface area (Å²) in [4.78, 5) is 29.3. The molecule has 1 amide bonds. The zero-order valence-corrected chi connectivity index (χ0v) is 18.3. The van der Waals surface area contributed by atoms with Gasteiger partial charge in [-0.05, 0) is 18.2 Å². The molecule has 7 nitrogen and oxygen atoms in total. The highest BCUT2D eigenvalue weighted by molar-refractivity contribution is 9.10. The van der Waals surface area contributed by atoms with Crippen LogP contribution in [0.2, 0.25) is 5.02 Å². The fourth-order valence-electron chi connectivity index (χ4n) is 2.85. The Morgan fingerprint density at radius 3 is 2.69 bits per heavy atom. The number of halogens is 2. The molecule has 10 heteroatoms. The molecule has 4 rings (SSSR count). The molecule has 0 bridgehead atoms. The number of hydrogen-bond donors (Lipinski definition) is 0. The zero-order chi connectivity index (χ0) is 20.5. The van der Waals surface area contributed by atoms with Crippen molar-refractivity contribution in [1.82, 2.24) is 4.57 Å². The summed E-state index contributed by atoms with van der Waals surface area (Å²) in [5.74, 6) is 0.212. The highest BCUT2D eigenvalue weighted by Crippen LogP contribution is 2.35. The van der Waals surface area contributed by atoms with Crippen molar-refractivity contribution in [2.24, 2.45) is 4.99 Å². The maximum atomic E-state index is 12.8. The molecule has 2 aromatic carbocycles. The minimum atomic E-state index is -0.515. The number of nitrogens with zero attached hydrogens (tertiary/aromatic N) is 2. The molecule has 0 saturated carbocycles. The number of amides is 1. The van der Waals surface area contributed by atoms with Gasteiger partial charge < -0.3 is 18.8 Å². The molecule has 0 aliphatic carbocycles. The first-order chi connectivity index (χ1) is 14.0. The van der Waals surface area contributed by atoms with Crippen LogP contribution in [0, 0.1) is 0 Å². The van der Waals surface area contributed by atoms with Gasteiger partial charge in [-0.15, -0.1) is 0 Å². The normalized spacial score (nSPS) is 13.6. The molecular weight excluding hydrogens is 484 g/mol. The van der Waals surface area contributed by atoms with Crippen molar-refractivity contribution in [3.8, 4) is 11.5 Å². The van der Waals surface area contributed by atoms with E-state index in [2.05, 4.69) is 20.9 Å². The quantitative estimate of drug-likeness (QED) is 0.514. The minimum Gasteiger partial charge on any atom is -0.486 e. The van der Waals surface area contributed by atoms with Crippen molar-refractivity contribution in [3.05, 3.63) is 50.2 Å². The van der Waals surface area contributed by atoms with Gasteiger partial charge in [-0.1, -0.05) is 38.9 Å². The second-order valence-corrected chi connectivity index (χ2v) is 8.38. The van der Waals surface area contributed by atoms with Gasteiger partial charge in [0, 0.05) is 16.6 Å². The number of rotatable bonds is 3. The van der Waals surface area contributed by atoms with E-state index < -0.39 is 11.9 Å². The van der Waals surface area contributed by atoms with E-state index in [4.69, 9.17) is 25.8 Å². The Morgan fingerprint density at radius 2 is 1.97 bits per heavy atom. The maximum absolute atomic E-state index is 12.8. The first kappa shape index (κ1) is 19.9. The summed E-state index contributed by atoms with van der Waals surface area (Å²) in [7, 11) is 1.31. The van der Waals surface area contributed by atoms with Gasteiger partial charge in [-0.3, -0.25) is 9.59 Å². The molecule has 0 radical (unpaired) electrons. The van der Waals surface area contributed by atoms with Crippen LogP contribution in [0.15, 0.2) is 39.8 Å². The number of methoxy groups -OCH3 is 1. The average Bonchev–Trinajstić information content (AvgIpc) is 3.03. The fourth-order valence-corrected chi connectivity index (χ4v) is 4.44. The molecule has 0 spiro atoms. The molecule has 29 heavy (non-hydrogen) atoms. The highest BCUT2D eigenvalue weighted by Gasteiger charge is 2.19. The molecule has 0 N–H and O–H groups in total. The molecule has 0 fully saturated rings. The molecule has 3 aromatic rings. The molecule has 150 valence electrons. The van der Waals surface area contributed by atoms with Crippen LogP contribution in [-0.4, -0.2) is 36.8 Å². The van der Waals surface area contributed by atoms with Crippen LogP contribution in [0.3, 0.4) is 0 Å². The number of thiazole rings is 1. The maximum Gasteiger partial charge on any atom is 0.325 e. The summed E-state index contributed by atoms with van der Waals surface area (Å²) in [5.41, 5.74) is 0.950. The lowest BCUT2D eigenvalue weighted by molar-refractivity contribution is -0.141. The van der Waals surface area contributed by atoms with Crippen molar-refractivity contribution >= 4 is 61.0 Å². The van der Waals surface area contributed by atoms with Crippen molar-refractivity contribution in [3.63, 3.8) is 0 Å². The van der Waals surface area contributed by atoms with E-state index in [1.807, 2.05) is 6.07 Å². The third-order valence-corrected chi connectivity index (χ3v) is 6.08.